The zero-order valence-electron chi connectivity index (χ0n) is 21.0. The largest absolute Gasteiger partial charge is 0.416 e. The Morgan fingerprint density at radius 2 is 1.51 bits per heavy atom. The first kappa shape index (κ1) is 28.9. The van der Waals surface area contributed by atoms with Crippen molar-refractivity contribution in [3.63, 3.8) is 0 Å². The quantitative estimate of drug-likeness (QED) is 0.536. The van der Waals surface area contributed by atoms with Crippen LogP contribution < -0.4 is 5.32 Å². The molecule has 2 heterocycles. The summed E-state index contributed by atoms with van der Waals surface area (Å²) in [5, 5.41) is 2.98. The van der Waals surface area contributed by atoms with E-state index in [2.05, 4.69) is 5.32 Å². The molecule has 212 valence electrons. The topological polar surface area (TPSA) is 61.9 Å². The molecule has 2 atom stereocenters. The third kappa shape index (κ3) is 7.72. The van der Waals surface area contributed by atoms with Gasteiger partial charge >= 0.3 is 12.4 Å². The van der Waals surface area contributed by atoms with Crippen molar-refractivity contribution in [2.45, 2.75) is 43.7 Å². The summed E-state index contributed by atoms with van der Waals surface area (Å²) in [6.07, 6.45) is -9.17. The van der Waals surface area contributed by atoms with Crippen LogP contribution in [-0.4, -0.2) is 73.1 Å². The molecule has 0 unspecified atom stereocenters. The number of benzene rings is 2. The first-order valence-corrected chi connectivity index (χ1v) is 12.6. The first-order chi connectivity index (χ1) is 18.4. The average Bonchev–Trinajstić information content (AvgIpc) is 2.88. The molecule has 2 saturated heterocycles. The molecule has 0 aromatic heterocycles. The molecular formula is C27H29F6N3O3. The SMILES string of the molecule is O=C(CN1CCOCC1)N[C@H]1CCN(C(=O)c2cc(C(F)(F)F)cc(C(F)(F)F)c2)[C@H](Cc2ccccc2)C1. The van der Waals surface area contributed by atoms with Crippen molar-refractivity contribution in [2.24, 2.45) is 0 Å². The molecule has 2 aromatic carbocycles. The zero-order valence-corrected chi connectivity index (χ0v) is 21.0. The van der Waals surface area contributed by atoms with Crippen molar-refractivity contribution < 1.29 is 40.7 Å². The fourth-order valence-corrected chi connectivity index (χ4v) is 5.01. The lowest BCUT2D eigenvalue weighted by atomic mass is 9.91. The van der Waals surface area contributed by atoms with E-state index in [1.165, 1.54) is 4.90 Å². The Morgan fingerprint density at radius 3 is 2.10 bits per heavy atom. The molecule has 0 bridgehead atoms. The summed E-state index contributed by atoms with van der Waals surface area (Å²) in [4.78, 5) is 29.4. The minimum atomic E-state index is -5.06. The number of nitrogens with zero attached hydrogens (tertiary/aromatic N) is 2. The van der Waals surface area contributed by atoms with E-state index in [1.807, 2.05) is 23.1 Å². The van der Waals surface area contributed by atoms with Crippen molar-refractivity contribution >= 4 is 11.8 Å². The van der Waals surface area contributed by atoms with E-state index in [1.54, 1.807) is 12.1 Å². The molecule has 39 heavy (non-hydrogen) atoms. The normalized spacial score (nSPS) is 21.0. The number of rotatable bonds is 6. The van der Waals surface area contributed by atoms with Crippen LogP contribution in [0.15, 0.2) is 48.5 Å². The van der Waals surface area contributed by atoms with Crippen molar-refractivity contribution in [2.75, 3.05) is 39.4 Å². The number of alkyl halides is 6. The van der Waals surface area contributed by atoms with Gasteiger partial charge in [0.1, 0.15) is 0 Å². The zero-order chi connectivity index (χ0) is 28.2. The van der Waals surface area contributed by atoms with Gasteiger partial charge in [0.25, 0.3) is 5.91 Å². The van der Waals surface area contributed by atoms with Gasteiger partial charge in [-0.3, -0.25) is 14.5 Å². The maximum absolute atomic E-state index is 13.4. The number of likely N-dealkylation sites (tertiary alicyclic amines) is 1. The number of morpholine rings is 1. The fraction of sp³-hybridized carbons (Fsp3) is 0.481. The molecule has 2 aliphatic rings. The Labute approximate surface area is 221 Å². The number of hydrogen-bond donors (Lipinski definition) is 1. The highest BCUT2D eigenvalue weighted by Crippen LogP contribution is 2.37. The highest BCUT2D eigenvalue weighted by Gasteiger charge is 2.39. The molecule has 0 aliphatic carbocycles. The molecule has 0 saturated carbocycles. The van der Waals surface area contributed by atoms with Crippen LogP contribution in [0, 0.1) is 0 Å². The summed E-state index contributed by atoms with van der Waals surface area (Å²) >= 11 is 0. The van der Waals surface area contributed by atoms with E-state index in [4.69, 9.17) is 4.74 Å². The van der Waals surface area contributed by atoms with Crippen LogP contribution in [0.4, 0.5) is 26.3 Å². The smallest absolute Gasteiger partial charge is 0.379 e. The summed E-state index contributed by atoms with van der Waals surface area (Å²) in [6.45, 7) is 2.60. The predicted molar refractivity (Wildman–Crippen MR) is 130 cm³/mol. The van der Waals surface area contributed by atoms with E-state index in [-0.39, 0.29) is 31.1 Å². The van der Waals surface area contributed by atoms with E-state index < -0.39 is 41.0 Å². The molecule has 12 heteroatoms. The second-order valence-electron chi connectivity index (χ2n) is 9.81. The molecule has 0 spiro atoms. The van der Waals surface area contributed by atoms with Gasteiger partial charge in [-0.25, -0.2) is 0 Å². The van der Waals surface area contributed by atoms with Crippen LogP contribution in [0.3, 0.4) is 0 Å². The number of carbonyl (C=O) groups excluding carboxylic acids is 2. The number of ether oxygens (including phenoxy) is 1. The van der Waals surface area contributed by atoms with Crippen molar-refractivity contribution in [1.82, 2.24) is 15.1 Å². The second kappa shape index (κ2) is 12.0. The molecule has 0 radical (unpaired) electrons. The van der Waals surface area contributed by atoms with Crippen LogP contribution in [0.1, 0.15) is 39.9 Å². The molecular weight excluding hydrogens is 528 g/mol. The average molecular weight is 558 g/mol. The lowest BCUT2D eigenvalue weighted by Gasteiger charge is -2.40. The van der Waals surface area contributed by atoms with Crippen LogP contribution in [-0.2, 0) is 28.3 Å². The van der Waals surface area contributed by atoms with Crippen LogP contribution >= 0.6 is 0 Å². The van der Waals surface area contributed by atoms with Crippen molar-refractivity contribution in [3.8, 4) is 0 Å². The minimum Gasteiger partial charge on any atom is -0.379 e. The highest BCUT2D eigenvalue weighted by molar-refractivity contribution is 5.95. The van der Waals surface area contributed by atoms with Gasteiger partial charge in [-0.05, 0) is 43.0 Å². The highest BCUT2D eigenvalue weighted by atomic mass is 19.4. The number of amides is 2. The monoisotopic (exact) mass is 557 g/mol. The van der Waals surface area contributed by atoms with Crippen molar-refractivity contribution in [1.29, 1.82) is 0 Å². The molecule has 6 nitrogen and oxygen atoms in total. The Balaban J connectivity index is 1.55. The molecule has 2 aromatic rings. The molecule has 4 rings (SSSR count). The number of piperidine rings is 1. The van der Waals surface area contributed by atoms with Gasteiger partial charge in [0.15, 0.2) is 0 Å². The second-order valence-corrected chi connectivity index (χ2v) is 9.81. The van der Waals surface area contributed by atoms with Crippen molar-refractivity contribution in [3.05, 3.63) is 70.8 Å². The van der Waals surface area contributed by atoms with Crippen LogP contribution in [0.5, 0.6) is 0 Å². The number of nitrogens with one attached hydrogen (secondary N) is 1. The summed E-state index contributed by atoms with van der Waals surface area (Å²) in [5.41, 5.74) is -2.90. The van der Waals surface area contributed by atoms with E-state index >= 15 is 0 Å². The predicted octanol–water partition coefficient (Wildman–Crippen LogP) is 4.39. The maximum Gasteiger partial charge on any atom is 0.416 e. The minimum absolute atomic E-state index is 0.00840. The van der Waals surface area contributed by atoms with Gasteiger partial charge in [-0.15, -0.1) is 0 Å². The van der Waals surface area contributed by atoms with Gasteiger partial charge in [0.05, 0.1) is 30.9 Å². The Kier molecular flexibility index (Phi) is 8.85. The summed E-state index contributed by atoms with van der Waals surface area (Å²) in [5.74, 6) is -1.10. The third-order valence-electron chi connectivity index (χ3n) is 6.96. The van der Waals surface area contributed by atoms with Crippen LogP contribution in [0.25, 0.3) is 0 Å². The number of carbonyl (C=O) groups is 2. The van der Waals surface area contributed by atoms with Gasteiger partial charge in [0.2, 0.25) is 5.91 Å². The van der Waals surface area contributed by atoms with Gasteiger partial charge in [-0.2, -0.15) is 26.3 Å². The van der Waals surface area contributed by atoms with Crippen LogP contribution in [0.2, 0.25) is 0 Å². The van der Waals surface area contributed by atoms with Gasteiger partial charge in [0, 0.05) is 37.3 Å². The standard InChI is InChI=1S/C27H29F6N3O3/c28-26(29,30)20-13-19(14-21(15-20)27(31,32)33)25(38)36-7-6-22(16-23(36)12-18-4-2-1-3-5-18)34-24(37)17-35-8-10-39-11-9-35/h1-5,13-15,22-23H,6-12,16-17H2,(H,34,37)/t22-,23+/m0/s1. The summed E-state index contributed by atoms with van der Waals surface area (Å²) in [6, 6.07) is 9.15. The lowest BCUT2D eigenvalue weighted by Crippen LogP contribution is -2.54. The number of halogens is 6. The van der Waals surface area contributed by atoms with Gasteiger partial charge < -0.3 is 15.0 Å². The molecule has 2 amide bonds. The van der Waals surface area contributed by atoms with E-state index in [0.717, 1.165) is 5.56 Å². The van der Waals surface area contributed by atoms with Gasteiger partial charge in [-0.1, -0.05) is 30.3 Å². The summed E-state index contributed by atoms with van der Waals surface area (Å²) < 4.78 is 85.7. The molecule has 1 N–H and O–H groups in total. The maximum atomic E-state index is 13.4. The Bertz CT molecular complexity index is 1120. The lowest BCUT2D eigenvalue weighted by molar-refractivity contribution is -0.143. The molecule has 2 aliphatic heterocycles. The fourth-order valence-electron chi connectivity index (χ4n) is 5.01. The Morgan fingerprint density at radius 1 is 0.897 bits per heavy atom. The Hall–Kier alpha value is -3.12. The number of hydrogen-bond acceptors (Lipinski definition) is 4. The summed E-state index contributed by atoms with van der Waals surface area (Å²) in [7, 11) is 0. The first-order valence-electron chi connectivity index (χ1n) is 12.6. The molecule has 2 fully saturated rings. The third-order valence-corrected chi connectivity index (χ3v) is 6.96. The van der Waals surface area contributed by atoms with E-state index in [9.17, 15) is 35.9 Å². The van der Waals surface area contributed by atoms with E-state index in [0.29, 0.717) is 57.7 Å².